The van der Waals surface area contributed by atoms with Crippen molar-refractivity contribution in [3.63, 3.8) is 0 Å². The van der Waals surface area contributed by atoms with E-state index in [2.05, 4.69) is 5.32 Å². The van der Waals surface area contributed by atoms with Gasteiger partial charge in [0.2, 0.25) is 0 Å². The third-order valence-corrected chi connectivity index (χ3v) is 6.07. The SMILES string of the molecule is CC(C)(C)OC(=O)C1CN(C[C@H](NC(=O)OCC2c3ccccc3-c3ccccc32)C(=O)O)C1. The first-order valence-electron chi connectivity index (χ1n) is 11.4. The van der Waals surface area contributed by atoms with Gasteiger partial charge in [-0.1, -0.05) is 48.5 Å². The number of carboxylic acids is 1. The number of esters is 1. The number of nitrogens with zero attached hydrogens (tertiary/aromatic N) is 1. The molecular formula is C26H30N2O6. The molecule has 2 N–H and O–H groups in total. The topological polar surface area (TPSA) is 105 Å². The largest absolute Gasteiger partial charge is 0.480 e. The van der Waals surface area contributed by atoms with Crippen molar-refractivity contribution in [2.75, 3.05) is 26.2 Å². The number of rotatable bonds is 7. The molecular weight excluding hydrogens is 436 g/mol. The highest BCUT2D eigenvalue weighted by atomic mass is 16.6. The molecule has 0 bridgehead atoms. The van der Waals surface area contributed by atoms with Crippen LogP contribution in [0.3, 0.4) is 0 Å². The number of hydrogen-bond acceptors (Lipinski definition) is 6. The van der Waals surface area contributed by atoms with Gasteiger partial charge in [0, 0.05) is 25.6 Å². The lowest BCUT2D eigenvalue weighted by Crippen LogP contribution is -2.57. The first-order chi connectivity index (χ1) is 16.1. The summed E-state index contributed by atoms with van der Waals surface area (Å²) in [6, 6.07) is 14.9. The third kappa shape index (κ3) is 5.22. The molecule has 1 fully saturated rings. The Morgan fingerprint density at radius 3 is 2.12 bits per heavy atom. The zero-order chi connectivity index (χ0) is 24.5. The fourth-order valence-electron chi connectivity index (χ4n) is 4.48. The summed E-state index contributed by atoms with van der Waals surface area (Å²) in [7, 11) is 0. The predicted molar refractivity (Wildman–Crippen MR) is 125 cm³/mol. The highest BCUT2D eigenvalue weighted by molar-refractivity contribution is 5.81. The maximum atomic E-state index is 12.5. The molecule has 0 spiro atoms. The number of amides is 1. The maximum Gasteiger partial charge on any atom is 0.407 e. The van der Waals surface area contributed by atoms with Crippen LogP contribution in [0.25, 0.3) is 11.1 Å². The van der Waals surface area contributed by atoms with Gasteiger partial charge in [-0.3, -0.25) is 9.69 Å². The van der Waals surface area contributed by atoms with Crippen LogP contribution in [0.5, 0.6) is 0 Å². The molecule has 1 amide bonds. The van der Waals surface area contributed by atoms with E-state index in [0.29, 0.717) is 13.1 Å². The molecule has 180 valence electrons. The second-order valence-electron chi connectivity index (χ2n) is 9.81. The standard InChI is InChI=1S/C26H30N2O6/c1-26(2,3)34-24(31)16-12-28(13-16)14-22(23(29)30)27-25(32)33-15-21-19-10-6-4-8-17(19)18-9-5-7-11-20(18)21/h4-11,16,21-22H,12-15H2,1-3H3,(H,27,32)(H,29,30)/t22-/m0/s1. The van der Waals surface area contributed by atoms with E-state index in [0.717, 1.165) is 22.3 Å². The summed E-state index contributed by atoms with van der Waals surface area (Å²) >= 11 is 0. The monoisotopic (exact) mass is 466 g/mol. The number of hydrogen-bond donors (Lipinski definition) is 2. The van der Waals surface area contributed by atoms with Crippen LogP contribution in [0.15, 0.2) is 48.5 Å². The Hall–Kier alpha value is -3.39. The van der Waals surface area contributed by atoms with Gasteiger partial charge in [-0.2, -0.15) is 0 Å². The molecule has 4 rings (SSSR count). The number of benzene rings is 2. The fraction of sp³-hybridized carbons (Fsp3) is 0.423. The summed E-state index contributed by atoms with van der Waals surface area (Å²) in [6.07, 6.45) is -0.779. The van der Waals surface area contributed by atoms with Gasteiger partial charge in [0.1, 0.15) is 18.2 Å². The first-order valence-corrected chi connectivity index (χ1v) is 11.4. The highest BCUT2D eigenvalue weighted by Crippen LogP contribution is 2.44. The molecule has 1 heterocycles. The van der Waals surface area contributed by atoms with Crippen molar-refractivity contribution in [3.8, 4) is 11.1 Å². The van der Waals surface area contributed by atoms with Crippen LogP contribution in [0, 0.1) is 5.92 Å². The quantitative estimate of drug-likeness (QED) is 0.604. The molecule has 34 heavy (non-hydrogen) atoms. The van der Waals surface area contributed by atoms with Crippen LogP contribution in [0.1, 0.15) is 37.8 Å². The van der Waals surface area contributed by atoms with Gasteiger partial charge in [-0.15, -0.1) is 0 Å². The molecule has 1 saturated heterocycles. The molecule has 0 saturated carbocycles. The number of carboxylic acid groups (broad SMARTS) is 1. The molecule has 1 aliphatic heterocycles. The van der Waals surface area contributed by atoms with Crippen LogP contribution < -0.4 is 5.32 Å². The third-order valence-electron chi connectivity index (χ3n) is 6.07. The molecule has 2 aromatic rings. The van der Waals surface area contributed by atoms with Crippen LogP contribution >= 0.6 is 0 Å². The number of alkyl carbamates (subject to hydrolysis) is 1. The van der Waals surface area contributed by atoms with E-state index in [1.807, 2.05) is 48.5 Å². The summed E-state index contributed by atoms with van der Waals surface area (Å²) in [4.78, 5) is 38.1. The summed E-state index contributed by atoms with van der Waals surface area (Å²) in [5, 5.41) is 12.0. The molecule has 8 nitrogen and oxygen atoms in total. The van der Waals surface area contributed by atoms with Crippen molar-refractivity contribution in [2.45, 2.75) is 38.3 Å². The Kier molecular flexibility index (Phi) is 6.61. The lowest BCUT2D eigenvalue weighted by atomic mass is 9.98. The minimum absolute atomic E-state index is 0.0822. The maximum absolute atomic E-state index is 12.5. The van der Waals surface area contributed by atoms with Gasteiger partial charge in [-0.25, -0.2) is 9.59 Å². The molecule has 2 aromatic carbocycles. The Bertz CT molecular complexity index is 1040. The van der Waals surface area contributed by atoms with Gasteiger partial charge in [0.05, 0.1) is 5.92 Å². The zero-order valence-electron chi connectivity index (χ0n) is 19.6. The Labute approximate surface area is 198 Å². The Morgan fingerprint density at radius 1 is 1.03 bits per heavy atom. The van der Waals surface area contributed by atoms with E-state index in [4.69, 9.17) is 9.47 Å². The normalized spacial score (nSPS) is 16.7. The van der Waals surface area contributed by atoms with Gasteiger partial charge < -0.3 is 19.9 Å². The smallest absolute Gasteiger partial charge is 0.407 e. The first kappa shape index (κ1) is 23.8. The molecule has 8 heteroatoms. The molecule has 1 atom stereocenters. The number of ether oxygens (including phenoxy) is 2. The van der Waals surface area contributed by atoms with E-state index < -0.39 is 23.7 Å². The van der Waals surface area contributed by atoms with E-state index in [-0.39, 0.29) is 31.0 Å². The van der Waals surface area contributed by atoms with Crippen molar-refractivity contribution < 1.29 is 29.0 Å². The zero-order valence-corrected chi connectivity index (χ0v) is 19.6. The Balaban J connectivity index is 1.30. The van der Waals surface area contributed by atoms with Crippen LogP contribution in [-0.2, 0) is 19.1 Å². The van der Waals surface area contributed by atoms with Crippen molar-refractivity contribution in [3.05, 3.63) is 59.7 Å². The number of fused-ring (bicyclic) bond motifs is 3. The van der Waals surface area contributed by atoms with Gasteiger partial charge in [-0.05, 0) is 43.0 Å². The fourth-order valence-corrected chi connectivity index (χ4v) is 4.48. The van der Waals surface area contributed by atoms with Crippen molar-refractivity contribution in [1.29, 1.82) is 0 Å². The number of likely N-dealkylation sites (tertiary alicyclic amines) is 1. The minimum atomic E-state index is -1.16. The molecule has 2 aliphatic rings. The van der Waals surface area contributed by atoms with Crippen molar-refractivity contribution in [1.82, 2.24) is 10.2 Å². The number of nitrogens with one attached hydrogen (secondary N) is 1. The molecule has 1 aliphatic carbocycles. The predicted octanol–water partition coefficient (Wildman–Crippen LogP) is 3.25. The number of carbonyl (C=O) groups excluding carboxylic acids is 2. The second-order valence-corrected chi connectivity index (χ2v) is 9.81. The van der Waals surface area contributed by atoms with Crippen molar-refractivity contribution >= 4 is 18.0 Å². The summed E-state index contributed by atoms with van der Waals surface area (Å²) in [5.74, 6) is -1.84. The number of aliphatic carboxylic acids is 1. The van der Waals surface area contributed by atoms with Crippen LogP contribution in [0.4, 0.5) is 4.79 Å². The average molecular weight is 467 g/mol. The van der Waals surface area contributed by atoms with E-state index >= 15 is 0 Å². The van der Waals surface area contributed by atoms with E-state index in [9.17, 15) is 19.5 Å². The molecule has 0 unspecified atom stereocenters. The summed E-state index contributed by atoms with van der Waals surface area (Å²) < 4.78 is 10.8. The minimum Gasteiger partial charge on any atom is -0.480 e. The molecule has 0 aromatic heterocycles. The van der Waals surface area contributed by atoms with Crippen molar-refractivity contribution in [2.24, 2.45) is 5.92 Å². The van der Waals surface area contributed by atoms with Gasteiger partial charge >= 0.3 is 18.0 Å². The lowest BCUT2D eigenvalue weighted by molar-refractivity contribution is -0.166. The summed E-state index contributed by atoms with van der Waals surface area (Å²) in [6.45, 7) is 6.39. The lowest BCUT2D eigenvalue weighted by Gasteiger charge is -2.39. The number of carbonyl (C=O) groups is 3. The van der Waals surface area contributed by atoms with Gasteiger partial charge in [0.15, 0.2) is 0 Å². The second kappa shape index (κ2) is 9.46. The Morgan fingerprint density at radius 2 is 1.59 bits per heavy atom. The van der Waals surface area contributed by atoms with Crippen LogP contribution in [-0.4, -0.2) is 65.9 Å². The summed E-state index contributed by atoms with van der Waals surface area (Å²) in [5.41, 5.74) is 3.84. The van der Waals surface area contributed by atoms with Crippen LogP contribution in [0.2, 0.25) is 0 Å². The average Bonchev–Trinajstić information content (AvgIpc) is 3.06. The highest BCUT2D eigenvalue weighted by Gasteiger charge is 2.38. The van der Waals surface area contributed by atoms with E-state index in [1.54, 1.807) is 25.7 Å². The van der Waals surface area contributed by atoms with Gasteiger partial charge in [0.25, 0.3) is 0 Å². The molecule has 0 radical (unpaired) electrons. The van der Waals surface area contributed by atoms with E-state index in [1.165, 1.54) is 0 Å².